The molecule has 0 spiro atoms. The molecule has 0 aliphatic carbocycles. The van der Waals surface area contributed by atoms with Gasteiger partial charge in [-0.1, -0.05) is 26.8 Å². The standard InChI is InChI=1S/C16H27FN2/c1-5-9-19(6-2)16-8-7-14(10-15(16)17)12-18-11-13(3)4/h7-8,10,13,18H,5-6,9,11-12H2,1-4H3. The number of rotatable bonds is 8. The average Bonchev–Trinajstić information content (AvgIpc) is 2.36. The first-order valence-electron chi connectivity index (χ1n) is 7.32. The summed E-state index contributed by atoms with van der Waals surface area (Å²) in [5.41, 5.74) is 1.73. The van der Waals surface area contributed by atoms with Crippen molar-refractivity contribution in [2.24, 2.45) is 5.92 Å². The highest BCUT2D eigenvalue weighted by atomic mass is 19.1. The minimum Gasteiger partial charge on any atom is -0.369 e. The molecule has 0 aromatic heterocycles. The van der Waals surface area contributed by atoms with Gasteiger partial charge in [0.15, 0.2) is 0 Å². The van der Waals surface area contributed by atoms with E-state index < -0.39 is 0 Å². The first kappa shape index (κ1) is 16.0. The Bertz CT molecular complexity index is 377. The molecular formula is C16H27FN2. The summed E-state index contributed by atoms with van der Waals surface area (Å²) in [4.78, 5) is 2.08. The van der Waals surface area contributed by atoms with Crippen molar-refractivity contribution in [1.29, 1.82) is 0 Å². The second-order valence-electron chi connectivity index (χ2n) is 5.39. The molecule has 0 aliphatic rings. The normalized spacial score (nSPS) is 11.1. The van der Waals surface area contributed by atoms with Gasteiger partial charge in [-0.05, 0) is 43.5 Å². The average molecular weight is 266 g/mol. The van der Waals surface area contributed by atoms with Crippen molar-refractivity contribution >= 4 is 5.69 Å². The molecule has 0 saturated carbocycles. The maximum atomic E-state index is 14.1. The molecule has 19 heavy (non-hydrogen) atoms. The van der Waals surface area contributed by atoms with E-state index in [0.717, 1.165) is 43.9 Å². The van der Waals surface area contributed by atoms with E-state index >= 15 is 0 Å². The van der Waals surface area contributed by atoms with Gasteiger partial charge in [0.05, 0.1) is 5.69 Å². The predicted octanol–water partition coefficient (Wildman–Crippen LogP) is 3.81. The van der Waals surface area contributed by atoms with Crippen molar-refractivity contribution in [3.05, 3.63) is 29.6 Å². The second kappa shape index (κ2) is 8.16. The Morgan fingerprint density at radius 3 is 2.53 bits per heavy atom. The van der Waals surface area contributed by atoms with Crippen LogP contribution in [0.15, 0.2) is 18.2 Å². The zero-order valence-electron chi connectivity index (χ0n) is 12.7. The van der Waals surface area contributed by atoms with E-state index in [4.69, 9.17) is 0 Å². The van der Waals surface area contributed by atoms with Crippen LogP contribution in [0.4, 0.5) is 10.1 Å². The Hall–Kier alpha value is -1.09. The second-order valence-corrected chi connectivity index (χ2v) is 5.39. The molecule has 3 heteroatoms. The lowest BCUT2D eigenvalue weighted by Crippen LogP contribution is -2.24. The van der Waals surface area contributed by atoms with E-state index in [9.17, 15) is 4.39 Å². The summed E-state index contributed by atoms with van der Waals surface area (Å²) in [7, 11) is 0. The van der Waals surface area contributed by atoms with Crippen LogP contribution >= 0.6 is 0 Å². The minimum absolute atomic E-state index is 0.112. The summed E-state index contributed by atoms with van der Waals surface area (Å²) in [6.45, 7) is 11.9. The zero-order chi connectivity index (χ0) is 14.3. The van der Waals surface area contributed by atoms with E-state index in [-0.39, 0.29) is 5.82 Å². The molecule has 1 N–H and O–H groups in total. The fourth-order valence-electron chi connectivity index (χ4n) is 2.14. The monoisotopic (exact) mass is 266 g/mol. The molecule has 0 heterocycles. The molecule has 0 atom stereocenters. The van der Waals surface area contributed by atoms with Crippen LogP contribution in [0.25, 0.3) is 0 Å². The van der Waals surface area contributed by atoms with E-state index in [2.05, 4.69) is 37.9 Å². The number of anilines is 1. The van der Waals surface area contributed by atoms with E-state index in [1.54, 1.807) is 6.07 Å². The lowest BCUT2D eigenvalue weighted by molar-refractivity contribution is 0.549. The van der Waals surface area contributed by atoms with Gasteiger partial charge < -0.3 is 10.2 Å². The van der Waals surface area contributed by atoms with Gasteiger partial charge in [-0.15, -0.1) is 0 Å². The van der Waals surface area contributed by atoms with Crippen LogP contribution in [-0.4, -0.2) is 19.6 Å². The number of hydrogen-bond acceptors (Lipinski definition) is 2. The van der Waals surface area contributed by atoms with Crippen LogP contribution in [0.1, 0.15) is 39.7 Å². The summed E-state index contributed by atoms with van der Waals surface area (Å²) in [6.07, 6.45) is 1.03. The van der Waals surface area contributed by atoms with E-state index in [0.29, 0.717) is 5.92 Å². The largest absolute Gasteiger partial charge is 0.369 e. The van der Waals surface area contributed by atoms with E-state index in [1.165, 1.54) is 0 Å². The van der Waals surface area contributed by atoms with Gasteiger partial charge in [-0.3, -0.25) is 0 Å². The number of halogens is 1. The third-order valence-corrected chi connectivity index (χ3v) is 3.11. The Kier molecular flexibility index (Phi) is 6.85. The molecule has 0 amide bonds. The fraction of sp³-hybridized carbons (Fsp3) is 0.625. The lowest BCUT2D eigenvalue weighted by atomic mass is 10.1. The lowest BCUT2D eigenvalue weighted by Gasteiger charge is -2.23. The smallest absolute Gasteiger partial charge is 0.146 e. The summed E-state index contributed by atoms with van der Waals surface area (Å²) in [6, 6.07) is 5.58. The minimum atomic E-state index is -0.112. The van der Waals surface area contributed by atoms with Crippen molar-refractivity contribution in [3.63, 3.8) is 0 Å². The number of hydrogen-bond donors (Lipinski definition) is 1. The Labute approximate surface area is 117 Å². The molecule has 108 valence electrons. The SMILES string of the molecule is CCCN(CC)c1ccc(CNCC(C)C)cc1F. The molecule has 1 aromatic rings. The van der Waals surface area contributed by atoms with Gasteiger partial charge >= 0.3 is 0 Å². The van der Waals surface area contributed by atoms with E-state index in [1.807, 2.05) is 12.1 Å². The van der Waals surface area contributed by atoms with Crippen LogP contribution in [0, 0.1) is 11.7 Å². The first-order valence-corrected chi connectivity index (χ1v) is 7.32. The first-order chi connectivity index (χ1) is 9.08. The number of benzene rings is 1. The van der Waals surface area contributed by atoms with Gasteiger partial charge in [0, 0.05) is 19.6 Å². The summed E-state index contributed by atoms with van der Waals surface area (Å²) < 4.78 is 14.1. The van der Waals surface area contributed by atoms with Crippen molar-refractivity contribution < 1.29 is 4.39 Å². The Morgan fingerprint density at radius 1 is 1.26 bits per heavy atom. The molecule has 0 fully saturated rings. The van der Waals surface area contributed by atoms with Gasteiger partial charge in [0.25, 0.3) is 0 Å². The van der Waals surface area contributed by atoms with Crippen LogP contribution < -0.4 is 10.2 Å². The molecule has 2 nitrogen and oxygen atoms in total. The fourth-order valence-corrected chi connectivity index (χ4v) is 2.14. The van der Waals surface area contributed by atoms with Gasteiger partial charge in [-0.2, -0.15) is 0 Å². The maximum Gasteiger partial charge on any atom is 0.146 e. The third kappa shape index (κ3) is 5.19. The van der Waals surface area contributed by atoms with Crippen molar-refractivity contribution in [1.82, 2.24) is 5.32 Å². The molecule has 0 bridgehead atoms. The molecule has 1 rings (SSSR count). The maximum absolute atomic E-state index is 14.1. The quantitative estimate of drug-likeness (QED) is 0.769. The molecule has 1 aromatic carbocycles. The van der Waals surface area contributed by atoms with Crippen LogP contribution in [0.3, 0.4) is 0 Å². The number of nitrogens with one attached hydrogen (secondary N) is 1. The molecule has 0 radical (unpaired) electrons. The predicted molar refractivity (Wildman–Crippen MR) is 81.1 cm³/mol. The molecule has 0 unspecified atom stereocenters. The van der Waals surface area contributed by atoms with Crippen LogP contribution in [0.2, 0.25) is 0 Å². The zero-order valence-corrected chi connectivity index (χ0v) is 12.7. The number of nitrogens with zero attached hydrogens (tertiary/aromatic N) is 1. The summed E-state index contributed by atoms with van der Waals surface area (Å²) >= 11 is 0. The Balaban J connectivity index is 2.68. The van der Waals surface area contributed by atoms with Crippen molar-refractivity contribution in [2.75, 3.05) is 24.5 Å². The molecule has 0 aliphatic heterocycles. The summed E-state index contributed by atoms with van der Waals surface area (Å²) in [5, 5.41) is 3.34. The highest BCUT2D eigenvalue weighted by molar-refractivity contribution is 5.49. The summed E-state index contributed by atoms with van der Waals surface area (Å²) in [5.74, 6) is 0.503. The highest BCUT2D eigenvalue weighted by Crippen LogP contribution is 2.20. The molecular weight excluding hydrogens is 239 g/mol. The van der Waals surface area contributed by atoms with Crippen molar-refractivity contribution in [2.45, 2.75) is 40.7 Å². The third-order valence-electron chi connectivity index (χ3n) is 3.11. The van der Waals surface area contributed by atoms with Crippen molar-refractivity contribution in [3.8, 4) is 0 Å². The van der Waals surface area contributed by atoms with Gasteiger partial charge in [0.1, 0.15) is 5.82 Å². The Morgan fingerprint density at radius 2 is 2.00 bits per heavy atom. The van der Waals surface area contributed by atoms with Gasteiger partial charge in [0.2, 0.25) is 0 Å². The topological polar surface area (TPSA) is 15.3 Å². The highest BCUT2D eigenvalue weighted by Gasteiger charge is 2.09. The van der Waals surface area contributed by atoms with Crippen LogP contribution in [0.5, 0.6) is 0 Å². The molecule has 0 saturated heterocycles. The van der Waals surface area contributed by atoms with Crippen LogP contribution in [-0.2, 0) is 6.54 Å². The van der Waals surface area contributed by atoms with Gasteiger partial charge in [-0.25, -0.2) is 4.39 Å².